The molecule has 2 saturated carbocycles. The fourth-order valence-electron chi connectivity index (χ4n) is 3.34. The Kier molecular flexibility index (Phi) is 3.63. The molecule has 1 atom stereocenters. The Morgan fingerprint density at radius 3 is 2.00 bits per heavy atom. The zero-order valence-electron chi connectivity index (χ0n) is 11.3. The van der Waals surface area contributed by atoms with E-state index in [0.717, 1.165) is 17.8 Å². The zero-order chi connectivity index (χ0) is 11.8. The summed E-state index contributed by atoms with van der Waals surface area (Å²) in [7, 11) is 0. The summed E-state index contributed by atoms with van der Waals surface area (Å²) in [5, 5.41) is 0. The average molecular weight is 223 g/mol. The third-order valence-corrected chi connectivity index (χ3v) is 4.90. The van der Waals surface area contributed by atoms with Crippen LogP contribution in [0.2, 0.25) is 0 Å². The van der Waals surface area contributed by atoms with E-state index in [1.54, 1.807) is 0 Å². The molecule has 0 amide bonds. The van der Waals surface area contributed by atoms with E-state index < -0.39 is 0 Å². The van der Waals surface area contributed by atoms with Crippen LogP contribution in [0.1, 0.15) is 65.7 Å². The minimum absolute atomic E-state index is 0.506. The Labute approximate surface area is 101 Å². The maximum atomic E-state index is 6.34. The minimum atomic E-state index is 0.506. The van der Waals surface area contributed by atoms with E-state index in [9.17, 15) is 0 Å². The quantitative estimate of drug-likeness (QED) is 0.770. The van der Waals surface area contributed by atoms with Gasteiger partial charge in [0.2, 0.25) is 0 Å². The molecule has 0 radical (unpaired) electrons. The largest absolute Gasteiger partial charge is 0.327 e. The van der Waals surface area contributed by atoms with Crippen molar-refractivity contribution in [1.82, 2.24) is 0 Å². The second-order valence-electron chi connectivity index (χ2n) is 7.32. The SMILES string of the molecule is CC(C)(C)C1CCC(C(N)CC2CC2)CC1. The first-order chi connectivity index (χ1) is 7.47. The van der Waals surface area contributed by atoms with Gasteiger partial charge in [-0.1, -0.05) is 33.6 Å². The van der Waals surface area contributed by atoms with Crippen LogP contribution in [0.3, 0.4) is 0 Å². The second kappa shape index (κ2) is 4.68. The van der Waals surface area contributed by atoms with Crippen LogP contribution < -0.4 is 5.73 Å². The van der Waals surface area contributed by atoms with E-state index in [0.29, 0.717) is 11.5 Å². The second-order valence-corrected chi connectivity index (χ2v) is 7.32. The molecule has 1 heteroatoms. The van der Waals surface area contributed by atoms with Crippen LogP contribution in [0.4, 0.5) is 0 Å². The van der Waals surface area contributed by atoms with Gasteiger partial charge in [-0.25, -0.2) is 0 Å². The van der Waals surface area contributed by atoms with Gasteiger partial charge < -0.3 is 5.73 Å². The predicted octanol–water partition coefficient (Wildman–Crippen LogP) is 3.97. The molecule has 0 heterocycles. The minimum Gasteiger partial charge on any atom is -0.327 e. The van der Waals surface area contributed by atoms with Gasteiger partial charge >= 0.3 is 0 Å². The first kappa shape index (κ1) is 12.4. The van der Waals surface area contributed by atoms with Crippen molar-refractivity contribution in [3.63, 3.8) is 0 Å². The highest BCUT2D eigenvalue weighted by atomic mass is 14.7. The summed E-state index contributed by atoms with van der Waals surface area (Å²) < 4.78 is 0. The molecule has 0 aromatic carbocycles. The monoisotopic (exact) mass is 223 g/mol. The first-order valence-electron chi connectivity index (χ1n) is 7.22. The molecule has 0 aromatic heterocycles. The third-order valence-electron chi connectivity index (χ3n) is 4.90. The summed E-state index contributed by atoms with van der Waals surface area (Å²) >= 11 is 0. The maximum Gasteiger partial charge on any atom is 0.00698 e. The molecule has 0 aliphatic heterocycles. The molecule has 2 N–H and O–H groups in total. The van der Waals surface area contributed by atoms with Crippen molar-refractivity contribution in [3.8, 4) is 0 Å². The molecule has 0 aromatic rings. The van der Waals surface area contributed by atoms with Gasteiger partial charge in [0.05, 0.1) is 0 Å². The van der Waals surface area contributed by atoms with E-state index in [-0.39, 0.29) is 0 Å². The van der Waals surface area contributed by atoms with Gasteiger partial charge in [-0.3, -0.25) is 0 Å². The number of hydrogen-bond acceptors (Lipinski definition) is 1. The normalized spacial score (nSPS) is 33.8. The Morgan fingerprint density at radius 1 is 1.00 bits per heavy atom. The topological polar surface area (TPSA) is 26.0 Å². The highest BCUT2D eigenvalue weighted by molar-refractivity contribution is 4.87. The van der Waals surface area contributed by atoms with Crippen LogP contribution in [0.5, 0.6) is 0 Å². The third kappa shape index (κ3) is 3.23. The van der Waals surface area contributed by atoms with E-state index in [2.05, 4.69) is 20.8 Å². The van der Waals surface area contributed by atoms with Crippen molar-refractivity contribution in [2.45, 2.75) is 71.8 Å². The van der Waals surface area contributed by atoms with E-state index >= 15 is 0 Å². The van der Waals surface area contributed by atoms with E-state index in [1.807, 2.05) is 0 Å². The number of nitrogens with two attached hydrogens (primary N) is 1. The maximum absolute atomic E-state index is 6.34. The molecule has 0 spiro atoms. The summed E-state index contributed by atoms with van der Waals surface area (Å²) in [6.45, 7) is 7.17. The number of rotatable bonds is 3. The van der Waals surface area contributed by atoms with Crippen molar-refractivity contribution in [2.24, 2.45) is 28.9 Å². The van der Waals surface area contributed by atoms with Crippen LogP contribution in [0.15, 0.2) is 0 Å². The first-order valence-corrected chi connectivity index (χ1v) is 7.22. The molecule has 2 aliphatic carbocycles. The van der Waals surface area contributed by atoms with E-state index in [1.165, 1.54) is 44.9 Å². The fourth-order valence-corrected chi connectivity index (χ4v) is 3.34. The Morgan fingerprint density at radius 2 is 1.56 bits per heavy atom. The highest BCUT2D eigenvalue weighted by Crippen LogP contribution is 2.42. The van der Waals surface area contributed by atoms with Crippen molar-refractivity contribution >= 4 is 0 Å². The molecule has 2 rings (SSSR count). The van der Waals surface area contributed by atoms with Crippen molar-refractivity contribution < 1.29 is 0 Å². The zero-order valence-corrected chi connectivity index (χ0v) is 11.3. The van der Waals surface area contributed by atoms with Gasteiger partial charge in [0.15, 0.2) is 0 Å². The lowest BCUT2D eigenvalue weighted by Gasteiger charge is -2.38. The summed E-state index contributed by atoms with van der Waals surface area (Å²) in [5.74, 6) is 2.76. The smallest absolute Gasteiger partial charge is 0.00698 e. The molecular weight excluding hydrogens is 194 g/mol. The Bertz CT molecular complexity index is 216. The Hall–Kier alpha value is -0.0400. The lowest BCUT2D eigenvalue weighted by molar-refractivity contribution is 0.137. The summed E-state index contributed by atoms with van der Waals surface area (Å²) in [4.78, 5) is 0. The van der Waals surface area contributed by atoms with Crippen LogP contribution in [-0.2, 0) is 0 Å². The van der Waals surface area contributed by atoms with Gasteiger partial charge in [-0.15, -0.1) is 0 Å². The van der Waals surface area contributed by atoms with Crippen LogP contribution in [0.25, 0.3) is 0 Å². The van der Waals surface area contributed by atoms with Gasteiger partial charge in [0, 0.05) is 6.04 Å². The van der Waals surface area contributed by atoms with E-state index in [4.69, 9.17) is 5.73 Å². The van der Waals surface area contributed by atoms with Gasteiger partial charge in [-0.2, -0.15) is 0 Å². The predicted molar refractivity (Wildman–Crippen MR) is 70.2 cm³/mol. The molecule has 0 bridgehead atoms. The van der Waals surface area contributed by atoms with Gasteiger partial charge in [-0.05, 0) is 55.3 Å². The lowest BCUT2D eigenvalue weighted by Crippen LogP contribution is -2.35. The summed E-state index contributed by atoms with van der Waals surface area (Å²) in [6, 6.07) is 0.508. The molecular formula is C15H29N. The van der Waals surface area contributed by atoms with Gasteiger partial charge in [0.1, 0.15) is 0 Å². The van der Waals surface area contributed by atoms with Crippen molar-refractivity contribution in [1.29, 1.82) is 0 Å². The van der Waals surface area contributed by atoms with Crippen LogP contribution in [0, 0.1) is 23.2 Å². The molecule has 1 unspecified atom stereocenters. The standard InChI is InChI=1S/C15H29N/c1-15(2,3)13-8-6-12(7-9-13)14(16)10-11-4-5-11/h11-14H,4-10,16H2,1-3H3. The molecule has 0 saturated heterocycles. The molecule has 16 heavy (non-hydrogen) atoms. The fraction of sp³-hybridized carbons (Fsp3) is 1.00. The van der Waals surface area contributed by atoms with Crippen molar-refractivity contribution in [2.75, 3.05) is 0 Å². The van der Waals surface area contributed by atoms with Crippen LogP contribution >= 0.6 is 0 Å². The highest BCUT2D eigenvalue weighted by Gasteiger charge is 2.33. The van der Waals surface area contributed by atoms with Crippen molar-refractivity contribution in [3.05, 3.63) is 0 Å². The molecule has 2 aliphatic rings. The average Bonchev–Trinajstić information content (AvgIpc) is 3.00. The Balaban J connectivity index is 1.75. The number of hydrogen-bond donors (Lipinski definition) is 1. The molecule has 94 valence electrons. The van der Waals surface area contributed by atoms with Crippen LogP contribution in [-0.4, -0.2) is 6.04 Å². The summed E-state index contributed by atoms with van der Waals surface area (Å²) in [5.41, 5.74) is 6.85. The summed E-state index contributed by atoms with van der Waals surface area (Å²) in [6.07, 6.45) is 9.80. The lowest BCUT2D eigenvalue weighted by atomic mass is 9.68. The van der Waals surface area contributed by atoms with Gasteiger partial charge in [0.25, 0.3) is 0 Å². The molecule has 2 fully saturated rings. The molecule has 1 nitrogen and oxygen atoms in total.